The molecular formula is C22H33NO5. The van der Waals surface area contributed by atoms with E-state index in [1.54, 1.807) is 17.0 Å². The Labute approximate surface area is 167 Å². The number of rotatable bonds is 3. The second-order valence-electron chi connectivity index (χ2n) is 9.39. The van der Waals surface area contributed by atoms with Crippen LogP contribution in [0.4, 0.5) is 4.79 Å². The molecule has 1 aromatic rings. The van der Waals surface area contributed by atoms with Crippen molar-refractivity contribution in [3.05, 3.63) is 35.4 Å². The molecule has 0 radical (unpaired) electrons. The average molecular weight is 392 g/mol. The predicted molar refractivity (Wildman–Crippen MR) is 107 cm³/mol. The summed E-state index contributed by atoms with van der Waals surface area (Å²) in [6, 6.07) is 7.24. The molecule has 1 aliphatic heterocycles. The maximum absolute atomic E-state index is 12.4. The zero-order valence-corrected chi connectivity index (χ0v) is 17.8. The molecule has 1 saturated heterocycles. The normalized spacial score (nSPS) is 20.6. The lowest BCUT2D eigenvalue weighted by atomic mass is 9.81. The van der Waals surface area contributed by atoms with Gasteiger partial charge in [0, 0.05) is 25.6 Å². The Bertz CT molecular complexity index is 684. The molecule has 6 nitrogen and oxygen atoms in total. The summed E-state index contributed by atoms with van der Waals surface area (Å²) in [5.74, 6) is -0.318. The molecule has 0 saturated carbocycles. The summed E-state index contributed by atoms with van der Waals surface area (Å²) in [6.07, 6.45) is 0.369. The van der Waals surface area contributed by atoms with E-state index in [0.29, 0.717) is 25.1 Å². The van der Waals surface area contributed by atoms with Gasteiger partial charge in [0.05, 0.1) is 5.56 Å². The Morgan fingerprint density at radius 2 is 1.61 bits per heavy atom. The highest BCUT2D eigenvalue weighted by Crippen LogP contribution is 2.33. The van der Waals surface area contributed by atoms with E-state index in [1.165, 1.54) is 0 Å². The van der Waals surface area contributed by atoms with Crippen LogP contribution in [0.2, 0.25) is 0 Å². The number of nitrogens with zero attached hydrogens (tertiary/aromatic N) is 1. The minimum absolute atomic E-state index is 0.0149. The van der Waals surface area contributed by atoms with Gasteiger partial charge in [-0.05, 0) is 71.6 Å². The largest absolute Gasteiger partial charge is 0.456 e. The Balaban J connectivity index is 2.14. The Morgan fingerprint density at radius 1 is 1.04 bits per heavy atom. The van der Waals surface area contributed by atoms with Crippen molar-refractivity contribution < 1.29 is 24.2 Å². The number of piperidine rings is 1. The van der Waals surface area contributed by atoms with Crippen molar-refractivity contribution >= 4 is 12.1 Å². The first-order valence-corrected chi connectivity index (χ1v) is 9.82. The third-order valence-corrected chi connectivity index (χ3v) is 4.62. The molecule has 2 rings (SSSR count). The zero-order valence-electron chi connectivity index (χ0n) is 17.8. The maximum Gasteiger partial charge on any atom is 0.410 e. The van der Waals surface area contributed by atoms with Gasteiger partial charge in [-0.2, -0.15) is 0 Å². The number of esters is 1. The van der Waals surface area contributed by atoms with Crippen molar-refractivity contribution in [1.29, 1.82) is 0 Å². The average Bonchev–Trinajstić information content (AvgIpc) is 2.58. The Morgan fingerprint density at radius 3 is 2.11 bits per heavy atom. The number of benzene rings is 1. The number of carbonyl (C=O) groups excluding carboxylic acids is 2. The topological polar surface area (TPSA) is 76.1 Å². The van der Waals surface area contributed by atoms with Crippen LogP contribution in [-0.4, -0.2) is 53.0 Å². The number of ether oxygens (including phenoxy) is 2. The summed E-state index contributed by atoms with van der Waals surface area (Å²) in [5.41, 5.74) is 0.378. The molecule has 2 unspecified atom stereocenters. The highest BCUT2D eigenvalue weighted by molar-refractivity contribution is 5.89. The number of amides is 1. The summed E-state index contributed by atoms with van der Waals surface area (Å²) < 4.78 is 10.9. The van der Waals surface area contributed by atoms with Gasteiger partial charge in [-0.25, -0.2) is 9.59 Å². The van der Waals surface area contributed by atoms with Gasteiger partial charge in [0.25, 0.3) is 0 Å². The summed E-state index contributed by atoms with van der Waals surface area (Å²) in [6.45, 7) is 12.1. The number of aliphatic hydroxyl groups excluding tert-OH is 1. The highest BCUT2D eigenvalue weighted by atomic mass is 16.6. The van der Waals surface area contributed by atoms with Crippen LogP contribution >= 0.6 is 0 Å². The molecule has 2 atom stereocenters. The van der Waals surface area contributed by atoms with E-state index in [2.05, 4.69) is 0 Å². The molecule has 28 heavy (non-hydrogen) atoms. The molecule has 0 aromatic heterocycles. The van der Waals surface area contributed by atoms with Crippen LogP contribution in [0.1, 0.15) is 69.8 Å². The smallest absolute Gasteiger partial charge is 0.410 e. The van der Waals surface area contributed by atoms with E-state index < -0.39 is 11.2 Å². The van der Waals surface area contributed by atoms with Crippen molar-refractivity contribution in [2.24, 2.45) is 5.92 Å². The first kappa shape index (κ1) is 22.2. The summed E-state index contributed by atoms with van der Waals surface area (Å²) in [7, 11) is 0. The number of hydrogen-bond acceptors (Lipinski definition) is 5. The monoisotopic (exact) mass is 391 g/mol. The van der Waals surface area contributed by atoms with Crippen LogP contribution in [0.3, 0.4) is 0 Å². The fourth-order valence-electron chi connectivity index (χ4n) is 3.29. The van der Waals surface area contributed by atoms with Gasteiger partial charge in [-0.3, -0.25) is 0 Å². The Hall–Kier alpha value is -2.08. The van der Waals surface area contributed by atoms with E-state index in [4.69, 9.17) is 9.47 Å². The van der Waals surface area contributed by atoms with E-state index in [0.717, 1.165) is 5.56 Å². The molecule has 156 valence electrons. The molecule has 1 fully saturated rings. The first-order valence-electron chi connectivity index (χ1n) is 9.82. The van der Waals surface area contributed by atoms with Gasteiger partial charge in [0.2, 0.25) is 0 Å². The number of hydrogen-bond donors (Lipinski definition) is 1. The van der Waals surface area contributed by atoms with Crippen LogP contribution < -0.4 is 0 Å². The van der Waals surface area contributed by atoms with Gasteiger partial charge in [0.1, 0.15) is 11.2 Å². The maximum atomic E-state index is 12.4. The van der Waals surface area contributed by atoms with Crippen molar-refractivity contribution in [2.45, 2.75) is 65.1 Å². The molecule has 0 aliphatic carbocycles. The van der Waals surface area contributed by atoms with Gasteiger partial charge in [0.15, 0.2) is 0 Å². The Kier molecular flexibility index (Phi) is 6.75. The second-order valence-corrected chi connectivity index (χ2v) is 9.39. The lowest BCUT2D eigenvalue weighted by molar-refractivity contribution is 0.00685. The number of likely N-dealkylation sites (tertiary alicyclic amines) is 1. The molecule has 1 heterocycles. The molecular weight excluding hydrogens is 358 g/mol. The van der Waals surface area contributed by atoms with Gasteiger partial charge in [-0.15, -0.1) is 0 Å². The van der Waals surface area contributed by atoms with Gasteiger partial charge < -0.3 is 19.5 Å². The highest BCUT2D eigenvalue weighted by Gasteiger charge is 2.34. The van der Waals surface area contributed by atoms with E-state index in [-0.39, 0.29) is 30.5 Å². The SMILES string of the molecule is CC(C)(C)OC(=O)c1ccc(C2CN(C(=O)OC(C)(C)C)CCC2CO)cc1. The predicted octanol–water partition coefficient (Wildman–Crippen LogP) is 3.97. The minimum atomic E-state index is -0.547. The lowest BCUT2D eigenvalue weighted by Crippen LogP contribution is -2.45. The lowest BCUT2D eigenvalue weighted by Gasteiger charge is -2.38. The van der Waals surface area contributed by atoms with Crippen LogP contribution in [0.5, 0.6) is 0 Å². The molecule has 1 amide bonds. The molecule has 0 spiro atoms. The van der Waals surface area contributed by atoms with Crippen LogP contribution in [0, 0.1) is 5.92 Å². The summed E-state index contributed by atoms with van der Waals surface area (Å²) in [5, 5.41) is 9.80. The third-order valence-electron chi connectivity index (χ3n) is 4.62. The molecule has 1 aromatic carbocycles. The minimum Gasteiger partial charge on any atom is -0.456 e. The molecule has 1 aliphatic rings. The molecule has 1 N–H and O–H groups in total. The third kappa shape index (κ3) is 6.23. The van der Waals surface area contributed by atoms with Crippen LogP contribution in [-0.2, 0) is 9.47 Å². The van der Waals surface area contributed by atoms with E-state index in [9.17, 15) is 14.7 Å². The van der Waals surface area contributed by atoms with Crippen molar-refractivity contribution in [1.82, 2.24) is 4.90 Å². The van der Waals surface area contributed by atoms with Crippen LogP contribution in [0.15, 0.2) is 24.3 Å². The molecule has 0 bridgehead atoms. The summed E-state index contributed by atoms with van der Waals surface area (Å²) >= 11 is 0. The fourth-order valence-corrected chi connectivity index (χ4v) is 3.29. The standard InChI is InChI=1S/C22H33NO5/c1-21(2,3)27-19(25)16-9-7-15(8-10-16)18-13-23(12-11-17(18)14-24)20(26)28-22(4,5)6/h7-10,17-18,24H,11-14H2,1-6H3. The van der Waals surface area contributed by atoms with Crippen LogP contribution in [0.25, 0.3) is 0 Å². The van der Waals surface area contributed by atoms with E-state index in [1.807, 2.05) is 53.7 Å². The van der Waals surface area contributed by atoms with Crippen molar-refractivity contribution in [3.63, 3.8) is 0 Å². The van der Waals surface area contributed by atoms with Gasteiger partial charge in [-0.1, -0.05) is 12.1 Å². The second kappa shape index (κ2) is 8.52. The summed E-state index contributed by atoms with van der Waals surface area (Å²) in [4.78, 5) is 26.4. The number of carbonyl (C=O) groups is 2. The van der Waals surface area contributed by atoms with Crippen molar-refractivity contribution in [3.8, 4) is 0 Å². The first-order chi connectivity index (χ1) is 12.9. The fraction of sp³-hybridized carbons (Fsp3) is 0.636. The zero-order chi connectivity index (χ0) is 21.1. The van der Waals surface area contributed by atoms with Gasteiger partial charge >= 0.3 is 12.1 Å². The quantitative estimate of drug-likeness (QED) is 0.789. The molecule has 6 heteroatoms. The number of aliphatic hydroxyl groups is 1. The van der Waals surface area contributed by atoms with E-state index >= 15 is 0 Å². The van der Waals surface area contributed by atoms with Crippen molar-refractivity contribution in [2.75, 3.05) is 19.7 Å².